The van der Waals surface area contributed by atoms with Crippen LogP contribution in [0.15, 0.2) is 71.9 Å². The van der Waals surface area contributed by atoms with Crippen LogP contribution >= 0.6 is 23.2 Å². The van der Waals surface area contributed by atoms with Crippen LogP contribution in [0.25, 0.3) is 0 Å². The number of nitrogens with zero attached hydrogens (tertiary/aromatic N) is 1. The molecule has 0 spiro atoms. The normalized spacial score (nSPS) is 17.1. The first-order valence-corrected chi connectivity index (χ1v) is 10.0. The molecule has 0 aliphatic carbocycles. The molecule has 4 nitrogen and oxygen atoms in total. The van der Waals surface area contributed by atoms with Gasteiger partial charge >= 0.3 is 0 Å². The largest absolute Gasteiger partial charge is 0.385 e. The Bertz CT molecular complexity index is 905. The van der Waals surface area contributed by atoms with E-state index in [2.05, 4.69) is 28.6 Å². The maximum atomic E-state index is 6.41. The van der Waals surface area contributed by atoms with E-state index in [4.69, 9.17) is 28.2 Å². The van der Waals surface area contributed by atoms with Gasteiger partial charge in [-0.15, -0.1) is 0 Å². The van der Waals surface area contributed by atoms with Crippen molar-refractivity contribution in [2.45, 2.75) is 19.5 Å². The third-order valence-corrected chi connectivity index (χ3v) is 4.92. The number of aliphatic imine (C=N–C) groups is 1. The summed E-state index contributed by atoms with van der Waals surface area (Å²) in [5.74, 6) is 0.859. The minimum atomic E-state index is -0.175. The van der Waals surface area contributed by atoms with Crippen molar-refractivity contribution in [2.75, 3.05) is 18.4 Å². The van der Waals surface area contributed by atoms with Gasteiger partial charge in [-0.3, -0.25) is 4.99 Å². The van der Waals surface area contributed by atoms with Crippen LogP contribution in [0.4, 0.5) is 5.69 Å². The average Bonchev–Trinajstić information content (AvgIpc) is 2.67. The van der Waals surface area contributed by atoms with E-state index in [0.717, 1.165) is 41.3 Å². The lowest BCUT2D eigenvalue weighted by atomic mass is 10.1. The van der Waals surface area contributed by atoms with Crippen LogP contribution < -0.4 is 16.0 Å². The van der Waals surface area contributed by atoms with Gasteiger partial charge < -0.3 is 16.0 Å². The highest BCUT2D eigenvalue weighted by atomic mass is 35.5. The molecule has 0 radical (unpaired) electrons. The van der Waals surface area contributed by atoms with Crippen molar-refractivity contribution >= 4 is 34.7 Å². The summed E-state index contributed by atoms with van der Waals surface area (Å²) in [7, 11) is 0. The Morgan fingerprint density at radius 3 is 2.82 bits per heavy atom. The molecule has 1 unspecified atom stereocenters. The number of fused-ring (bicyclic) bond motifs is 1. The number of benzene rings is 2. The SMILES string of the molecule is C=C(/C=C\C)NCCCN=C1NC(c2ccc(Cl)cc2Cl)Nc2ccccc21. The molecule has 2 aromatic carbocycles. The number of allylic oxidation sites excluding steroid dienone is 2. The van der Waals surface area contributed by atoms with Gasteiger partial charge in [0.15, 0.2) is 0 Å². The van der Waals surface area contributed by atoms with E-state index in [0.29, 0.717) is 16.6 Å². The second-order valence-electron chi connectivity index (χ2n) is 6.47. The van der Waals surface area contributed by atoms with Crippen molar-refractivity contribution in [3.8, 4) is 0 Å². The number of para-hydroxylation sites is 1. The monoisotopic (exact) mass is 414 g/mol. The van der Waals surface area contributed by atoms with Gasteiger partial charge in [-0.05, 0) is 43.7 Å². The molecule has 0 saturated heterocycles. The summed E-state index contributed by atoms with van der Waals surface area (Å²) >= 11 is 12.5. The highest BCUT2D eigenvalue weighted by Gasteiger charge is 2.24. The summed E-state index contributed by atoms with van der Waals surface area (Å²) in [6.07, 6.45) is 4.65. The van der Waals surface area contributed by atoms with Gasteiger partial charge in [0, 0.05) is 45.6 Å². The molecule has 1 aliphatic heterocycles. The van der Waals surface area contributed by atoms with Crippen molar-refractivity contribution in [3.63, 3.8) is 0 Å². The minimum Gasteiger partial charge on any atom is -0.385 e. The quantitative estimate of drug-likeness (QED) is 0.412. The van der Waals surface area contributed by atoms with Gasteiger partial charge in [0.2, 0.25) is 0 Å². The molecule has 1 aliphatic rings. The predicted octanol–water partition coefficient (Wildman–Crippen LogP) is 5.52. The van der Waals surface area contributed by atoms with Crippen molar-refractivity contribution in [3.05, 3.63) is 88.1 Å². The Morgan fingerprint density at radius 1 is 1.21 bits per heavy atom. The van der Waals surface area contributed by atoms with E-state index in [-0.39, 0.29) is 6.17 Å². The summed E-state index contributed by atoms with van der Waals surface area (Å²) in [5.41, 5.74) is 3.92. The van der Waals surface area contributed by atoms with Crippen molar-refractivity contribution in [1.82, 2.24) is 10.6 Å². The van der Waals surface area contributed by atoms with Gasteiger partial charge in [0.25, 0.3) is 0 Å². The lowest BCUT2D eigenvalue weighted by Crippen LogP contribution is -2.39. The van der Waals surface area contributed by atoms with Crippen molar-refractivity contribution < 1.29 is 0 Å². The lowest BCUT2D eigenvalue weighted by molar-refractivity contribution is 0.706. The van der Waals surface area contributed by atoms with Crippen LogP contribution in [-0.4, -0.2) is 18.9 Å². The number of halogens is 2. The van der Waals surface area contributed by atoms with Crippen molar-refractivity contribution in [1.29, 1.82) is 0 Å². The van der Waals surface area contributed by atoms with E-state index in [9.17, 15) is 0 Å². The molecule has 1 heterocycles. The smallest absolute Gasteiger partial charge is 0.132 e. The Hall–Kier alpha value is -2.43. The molecular weight excluding hydrogens is 391 g/mol. The molecule has 3 N–H and O–H groups in total. The molecule has 28 heavy (non-hydrogen) atoms. The van der Waals surface area contributed by atoms with Crippen LogP contribution in [-0.2, 0) is 0 Å². The summed E-state index contributed by atoms with van der Waals surface area (Å²) in [6.45, 7) is 7.45. The Labute approximate surface area is 176 Å². The fourth-order valence-electron chi connectivity index (χ4n) is 3.02. The topological polar surface area (TPSA) is 48.5 Å². The zero-order valence-electron chi connectivity index (χ0n) is 15.8. The lowest BCUT2D eigenvalue weighted by Gasteiger charge is -2.31. The summed E-state index contributed by atoms with van der Waals surface area (Å²) in [4.78, 5) is 4.80. The maximum absolute atomic E-state index is 6.41. The molecule has 146 valence electrons. The number of anilines is 1. The van der Waals surface area contributed by atoms with Crippen LogP contribution in [0.2, 0.25) is 10.0 Å². The third kappa shape index (κ3) is 5.09. The highest BCUT2D eigenvalue weighted by Crippen LogP contribution is 2.31. The minimum absolute atomic E-state index is 0.175. The van der Waals surface area contributed by atoms with Gasteiger partial charge in [-0.1, -0.05) is 54.1 Å². The van der Waals surface area contributed by atoms with Crippen molar-refractivity contribution in [2.24, 2.45) is 4.99 Å². The number of amidine groups is 1. The van der Waals surface area contributed by atoms with Gasteiger partial charge in [0.05, 0.1) is 0 Å². The first-order chi connectivity index (χ1) is 13.6. The van der Waals surface area contributed by atoms with E-state index in [1.165, 1.54) is 0 Å². The molecular formula is C22H24Cl2N4. The molecule has 0 aromatic heterocycles. The summed E-state index contributed by atoms with van der Waals surface area (Å²) in [6, 6.07) is 13.6. The standard InChI is InChI=1S/C22H24Cl2N4/c1-3-7-15(2)25-12-6-13-26-21-18-8-4-5-9-20(18)27-22(28-21)17-11-10-16(23)14-19(17)24/h3-5,7-11,14,22,25,27H,2,6,12-13H2,1H3,(H,26,28)/b7-3-. The zero-order chi connectivity index (χ0) is 19.9. The number of nitrogens with one attached hydrogen (secondary N) is 3. The second-order valence-corrected chi connectivity index (χ2v) is 7.31. The molecule has 0 saturated carbocycles. The summed E-state index contributed by atoms with van der Waals surface area (Å²) < 4.78 is 0. The second kappa shape index (κ2) is 9.67. The van der Waals surface area contributed by atoms with E-state index in [1.807, 2.05) is 49.4 Å². The molecule has 3 rings (SSSR count). The average molecular weight is 415 g/mol. The van der Waals surface area contributed by atoms with Gasteiger partial charge in [-0.25, -0.2) is 0 Å². The fraction of sp³-hybridized carbons (Fsp3) is 0.227. The first-order valence-electron chi connectivity index (χ1n) is 9.26. The van der Waals surface area contributed by atoms with Gasteiger partial charge in [-0.2, -0.15) is 0 Å². The Balaban J connectivity index is 1.73. The first kappa shape index (κ1) is 20.3. The Morgan fingerprint density at radius 2 is 2.04 bits per heavy atom. The summed E-state index contributed by atoms with van der Waals surface area (Å²) in [5, 5.41) is 11.5. The van der Waals surface area contributed by atoms with Crippen LogP contribution in [0, 0.1) is 0 Å². The van der Waals surface area contributed by atoms with E-state index < -0.39 is 0 Å². The molecule has 6 heteroatoms. The van der Waals surface area contributed by atoms with E-state index in [1.54, 1.807) is 6.07 Å². The molecule has 2 aromatic rings. The highest BCUT2D eigenvalue weighted by molar-refractivity contribution is 6.35. The van der Waals surface area contributed by atoms with Crippen LogP contribution in [0.5, 0.6) is 0 Å². The number of rotatable bonds is 7. The Kier molecular flexibility index (Phi) is 7.01. The maximum Gasteiger partial charge on any atom is 0.132 e. The zero-order valence-corrected chi connectivity index (χ0v) is 17.3. The van der Waals surface area contributed by atoms with E-state index >= 15 is 0 Å². The predicted molar refractivity (Wildman–Crippen MR) is 120 cm³/mol. The molecule has 1 atom stereocenters. The number of hydrogen-bond donors (Lipinski definition) is 3. The molecule has 0 bridgehead atoms. The molecule has 0 amide bonds. The fourth-order valence-corrected chi connectivity index (χ4v) is 3.54. The molecule has 0 fully saturated rings. The third-order valence-electron chi connectivity index (χ3n) is 4.36. The number of hydrogen-bond acceptors (Lipinski definition) is 3. The van der Waals surface area contributed by atoms with Crippen LogP contribution in [0.3, 0.4) is 0 Å². The van der Waals surface area contributed by atoms with Gasteiger partial charge in [0.1, 0.15) is 12.0 Å². The van der Waals surface area contributed by atoms with Crippen LogP contribution in [0.1, 0.15) is 30.6 Å².